The molecule has 2 atom stereocenters. The van der Waals surface area contributed by atoms with Crippen molar-refractivity contribution in [2.75, 3.05) is 18.9 Å². The van der Waals surface area contributed by atoms with Crippen LogP contribution in [0.2, 0.25) is 0 Å². The Labute approximate surface area is 174 Å². The zero-order valence-corrected chi connectivity index (χ0v) is 17.4. The average molecular weight is 418 g/mol. The number of nitrogens with one attached hydrogen (secondary N) is 1. The van der Waals surface area contributed by atoms with Gasteiger partial charge in [-0.1, -0.05) is 29.8 Å². The van der Waals surface area contributed by atoms with Crippen LogP contribution in [0.5, 0.6) is 0 Å². The van der Waals surface area contributed by atoms with Gasteiger partial charge in [0.15, 0.2) is 0 Å². The van der Waals surface area contributed by atoms with Crippen molar-refractivity contribution in [2.45, 2.75) is 39.3 Å². The van der Waals surface area contributed by atoms with Crippen molar-refractivity contribution in [3.8, 4) is 0 Å². The molecule has 0 radical (unpaired) electrons. The molecule has 2 aromatic carbocycles. The molecule has 2 unspecified atom stereocenters. The number of amides is 2. The van der Waals surface area contributed by atoms with Gasteiger partial charge >= 0.3 is 6.18 Å². The van der Waals surface area contributed by atoms with E-state index >= 15 is 0 Å². The molecular weight excluding hydrogens is 393 g/mol. The summed E-state index contributed by atoms with van der Waals surface area (Å²) in [5.41, 5.74) is 3.79. The normalized spacial score (nSPS) is 18.1. The lowest BCUT2D eigenvalue weighted by atomic mass is 10.1. The molecule has 0 spiro atoms. The Bertz CT molecular complexity index is 944. The second kappa shape index (κ2) is 8.13. The number of carbonyl (C=O) groups excluding carboxylic acids is 2. The van der Waals surface area contributed by atoms with E-state index in [2.05, 4.69) is 5.32 Å². The summed E-state index contributed by atoms with van der Waals surface area (Å²) in [4.78, 5) is 26.5. The minimum Gasteiger partial charge on any atom is -0.336 e. The quantitative estimate of drug-likeness (QED) is 0.756. The number of halogens is 3. The van der Waals surface area contributed by atoms with Crippen LogP contribution >= 0.6 is 0 Å². The molecule has 7 heteroatoms. The van der Waals surface area contributed by atoms with Gasteiger partial charge in [0, 0.05) is 18.7 Å². The third-order valence-electron chi connectivity index (χ3n) is 5.47. The fourth-order valence-corrected chi connectivity index (χ4v) is 3.89. The van der Waals surface area contributed by atoms with E-state index in [4.69, 9.17) is 0 Å². The van der Waals surface area contributed by atoms with E-state index in [9.17, 15) is 22.8 Å². The van der Waals surface area contributed by atoms with Gasteiger partial charge in [-0.15, -0.1) is 0 Å². The molecule has 0 bridgehead atoms. The van der Waals surface area contributed by atoms with Crippen LogP contribution < -0.4 is 5.32 Å². The van der Waals surface area contributed by atoms with Gasteiger partial charge in [-0.25, -0.2) is 0 Å². The number of carbonyl (C=O) groups is 2. The summed E-state index contributed by atoms with van der Waals surface area (Å²) in [6.45, 7) is 5.75. The number of anilines is 1. The second-order valence-corrected chi connectivity index (χ2v) is 8.08. The summed E-state index contributed by atoms with van der Waals surface area (Å²) in [6, 6.07) is 8.90. The molecule has 3 rings (SSSR count). The molecule has 0 aliphatic heterocycles. The Kier molecular flexibility index (Phi) is 5.92. The number of aryl methyl sites for hydroxylation is 3. The number of hydrogen-bond acceptors (Lipinski definition) is 2. The highest BCUT2D eigenvalue weighted by Gasteiger charge is 2.45. The summed E-state index contributed by atoms with van der Waals surface area (Å²) >= 11 is 0. The molecular formula is C23H25F3N2O2. The Hall–Kier alpha value is -2.83. The number of nitrogens with zero attached hydrogens (tertiary/aromatic N) is 1. The molecule has 2 aromatic rings. The standard InChI is InChI=1S/C23H25F3N2O2/c1-13-9-14(2)21(15(3)10-13)27-20(29)12-28(4)22(30)19-11-18(19)16-5-7-17(8-6-16)23(24,25)26/h5-10,18-19H,11-12H2,1-4H3,(H,27,29). The average Bonchev–Trinajstić information content (AvgIpc) is 3.44. The lowest BCUT2D eigenvalue weighted by molar-refractivity contribution is -0.137. The fourth-order valence-electron chi connectivity index (χ4n) is 3.89. The van der Waals surface area contributed by atoms with Gasteiger partial charge in [0.05, 0.1) is 12.1 Å². The number of rotatable bonds is 5. The minimum absolute atomic E-state index is 0.0815. The monoisotopic (exact) mass is 418 g/mol. The summed E-state index contributed by atoms with van der Waals surface area (Å²) in [7, 11) is 1.57. The van der Waals surface area contributed by atoms with E-state index in [1.807, 2.05) is 32.9 Å². The number of benzene rings is 2. The molecule has 2 amide bonds. The fraction of sp³-hybridized carbons (Fsp3) is 0.391. The van der Waals surface area contributed by atoms with Gasteiger partial charge in [-0.2, -0.15) is 13.2 Å². The summed E-state index contributed by atoms with van der Waals surface area (Å²) < 4.78 is 38.1. The second-order valence-electron chi connectivity index (χ2n) is 8.08. The smallest absolute Gasteiger partial charge is 0.336 e. The van der Waals surface area contributed by atoms with Gasteiger partial charge < -0.3 is 10.2 Å². The minimum atomic E-state index is -4.38. The van der Waals surface area contributed by atoms with E-state index in [1.54, 1.807) is 7.05 Å². The van der Waals surface area contributed by atoms with Crippen LogP contribution in [0, 0.1) is 26.7 Å². The van der Waals surface area contributed by atoms with Crippen molar-refractivity contribution in [1.82, 2.24) is 4.90 Å². The van der Waals surface area contributed by atoms with E-state index in [0.717, 1.165) is 34.5 Å². The predicted octanol–water partition coefficient (Wildman–Crippen LogP) is 4.83. The highest BCUT2D eigenvalue weighted by molar-refractivity contribution is 5.96. The molecule has 1 saturated carbocycles. The number of likely N-dealkylation sites (N-methyl/N-ethyl adjacent to an activating group) is 1. The Morgan fingerprint density at radius 2 is 1.63 bits per heavy atom. The molecule has 1 N–H and O–H groups in total. The number of alkyl halides is 3. The van der Waals surface area contributed by atoms with Crippen molar-refractivity contribution in [2.24, 2.45) is 5.92 Å². The Morgan fingerprint density at radius 3 is 2.17 bits per heavy atom. The third-order valence-corrected chi connectivity index (χ3v) is 5.47. The summed E-state index contributed by atoms with van der Waals surface area (Å²) in [6.07, 6.45) is -3.80. The van der Waals surface area contributed by atoms with E-state index < -0.39 is 11.7 Å². The zero-order chi connectivity index (χ0) is 22.2. The van der Waals surface area contributed by atoms with Crippen molar-refractivity contribution in [1.29, 1.82) is 0 Å². The van der Waals surface area contributed by atoms with Crippen molar-refractivity contribution < 1.29 is 22.8 Å². The van der Waals surface area contributed by atoms with E-state index in [1.165, 1.54) is 17.0 Å². The van der Waals surface area contributed by atoms with Crippen LogP contribution in [0.25, 0.3) is 0 Å². The number of hydrogen-bond donors (Lipinski definition) is 1. The van der Waals surface area contributed by atoms with Gasteiger partial charge in [0.1, 0.15) is 0 Å². The first kappa shape index (κ1) is 21.9. The van der Waals surface area contributed by atoms with E-state index in [0.29, 0.717) is 12.0 Å². The lowest BCUT2D eigenvalue weighted by Gasteiger charge is -2.18. The first-order chi connectivity index (χ1) is 14.0. The first-order valence-electron chi connectivity index (χ1n) is 9.77. The largest absolute Gasteiger partial charge is 0.416 e. The molecule has 30 heavy (non-hydrogen) atoms. The van der Waals surface area contributed by atoms with Crippen molar-refractivity contribution >= 4 is 17.5 Å². The van der Waals surface area contributed by atoms with Crippen LogP contribution in [0.15, 0.2) is 36.4 Å². The lowest BCUT2D eigenvalue weighted by Crippen LogP contribution is -2.36. The molecule has 1 aliphatic rings. The molecule has 0 aromatic heterocycles. The van der Waals surface area contributed by atoms with Crippen LogP contribution in [0.1, 0.15) is 40.2 Å². The van der Waals surface area contributed by atoms with Crippen LogP contribution in [-0.2, 0) is 15.8 Å². The SMILES string of the molecule is Cc1cc(C)c(NC(=O)CN(C)C(=O)C2CC2c2ccc(C(F)(F)F)cc2)c(C)c1. The maximum Gasteiger partial charge on any atom is 0.416 e. The maximum atomic E-state index is 12.7. The Balaban J connectivity index is 1.57. The van der Waals surface area contributed by atoms with Gasteiger partial charge in [-0.3, -0.25) is 9.59 Å². The van der Waals surface area contributed by atoms with Gasteiger partial charge in [0.25, 0.3) is 0 Å². The van der Waals surface area contributed by atoms with Crippen molar-refractivity contribution in [3.05, 3.63) is 64.2 Å². The van der Waals surface area contributed by atoms with Gasteiger partial charge in [0.2, 0.25) is 11.8 Å². The zero-order valence-electron chi connectivity index (χ0n) is 17.4. The highest BCUT2D eigenvalue weighted by Crippen LogP contribution is 2.48. The molecule has 160 valence electrons. The highest BCUT2D eigenvalue weighted by atomic mass is 19.4. The van der Waals surface area contributed by atoms with Gasteiger partial charge in [-0.05, 0) is 61.9 Å². The Morgan fingerprint density at radius 1 is 1.07 bits per heavy atom. The van der Waals surface area contributed by atoms with Crippen molar-refractivity contribution in [3.63, 3.8) is 0 Å². The van der Waals surface area contributed by atoms with E-state index in [-0.39, 0.29) is 30.2 Å². The molecule has 0 saturated heterocycles. The molecule has 4 nitrogen and oxygen atoms in total. The van der Waals surface area contributed by atoms with Crippen LogP contribution in [-0.4, -0.2) is 30.3 Å². The summed E-state index contributed by atoms with van der Waals surface area (Å²) in [5.74, 6) is -0.866. The maximum absolute atomic E-state index is 12.7. The van der Waals surface area contributed by atoms with Crippen LogP contribution in [0.4, 0.5) is 18.9 Å². The summed E-state index contributed by atoms with van der Waals surface area (Å²) in [5, 5.41) is 2.87. The first-order valence-corrected chi connectivity index (χ1v) is 9.77. The molecule has 0 heterocycles. The third kappa shape index (κ3) is 4.83. The topological polar surface area (TPSA) is 49.4 Å². The predicted molar refractivity (Wildman–Crippen MR) is 109 cm³/mol. The molecule has 1 fully saturated rings. The van der Waals surface area contributed by atoms with Crippen LogP contribution in [0.3, 0.4) is 0 Å². The molecule has 1 aliphatic carbocycles.